The van der Waals surface area contributed by atoms with E-state index < -0.39 is 0 Å². The molecule has 1 aromatic carbocycles. The summed E-state index contributed by atoms with van der Waals surface area (Å²) in [7, 11) is 0. The summed E-state index contributed by atoms with van der Waals surface area (Å²) >= 11 is 0. The molecule has 1 amide bonds. The fraction of sp³-hybridized carbons (Fsp3) is 0.464. The molecular formula is C28H31FN2O4. The van der Waals surface area contributed by atoms with Crippen LogP contribution in [0.3, 0.4) is 0 Å². The molecule has 2 heterocycles. The molecule has 1 aromatic heterocycles. The van der Waals surface area contributed by atoms with Crippen molar-refractivity contribution in [2.24, 2.45) is 29.6 Å². The maximum Gasteiger partial charge on any atom is 0.407 e. The number of hydrogen-bond acceptors (Lipinski definition) is 5. The first-order valence-corrected chi connectivity index (χ1v) is 12.5. The molecular weight excluding hydrogens is 447 g/mol. The van der Waals surface area contributed by atoms with E-state index in [4.69, 9.17) is 9.47 Å². The van der Waals surface area contributed by atoms with Gasteiger partial charge in [0.05, 0.1) is 24.8 Å². The van der Waals surface area contributed by atoms with Crippen LogP contribution in [0.4, 0.5) is 9.18 Å². The quantitative estimate of drug-likeness (QED) is 0.595. The molecule has 2 aliphatic carbocycles. The van der Waals surface area contributed by atoms with Gasteiger partial charge in [-0.25, -0.2) is 9.18 Å². The van der Waals surface area contributed by atoms with Crippen LogP contribution < -0.4 is 5.32 Å². The highest BCUT2D eigenvalue weighted by molar-refractivity contribution is 5.76. The van der Waals surface area contributed by atoms with Gasteiger partial charge in [0.1, 0.15) is 5.82 Å². The topological polar surface area (TPSA) is 77.5 Å². The number of halogens is 1. The van der Waals surface area contributed by atoms with Crippen molar-refractivity contribution < 1.29 is 23.5 Å². The number of fused-ring (bicyclic) bond motifs is 2. The van der Waals surface area contributed by atoms with Gasteiger partial charge >= 0.3 is 12.1 Å². The fourth-order valence-corrected chi connectivity index (χ4v) is 6.27. The molecule has 6 nitrogen and oxygen atoms in total. The molecule has 3 fully saturated rings. The summed E-state index contributed by atoms with van der Waals surface area (Å²) in [6.45, 7) is 2.64. The molecule has 2 saturated carbocycles. The van der Waals surface area contributed by atoms with Gasteiger partial charge in [0.25, 0.3) is 0 Å². The molecule has 35 heavy (non-hydrogen) atoms. The summed E-state index contributed by atoms with van der Waals surface area (Å²) in [5.74, 6) is 0.598. The van der Waals surface area contributed by atoms with Crippen molar-refractivity contribution in [3.05, 3.63) is 60.2 Å². The number of hydrogen-bond donors (Lipinski definition) is 1. The zero-order valence-corrected chi connectivity index (χ0v) is 19.9. The number of ether oxygens (including phenoxy) is 2. The van der Waals surface area contributed by atoms with E-state index in [0.29, 0.717) is 25.0 Å². The molecule has 2 aromatic rings. The lowest BCUT2D eigenvalue weighted by Crippen LogP contribution is -2.47. The van der Waals surface area contributed by atoms with Crippen LogP contribution in [0.1, 0.15) is 38.3 Å². The monoisotopic (exact) mass is 478 g/mol. The Morgan fingerprint density at radius 2 is 2.09 bits per heavy atom. The normalized spacial score (nSPS) is 29.8. The van der Waals surface area contributed by atoms with E-state index in [0.717, 1.165) is 42.5 Å². The molecule has 6 atom stereocenters. The lowest BCUT2D eigenvalue weighted by molar-refractivity contribution is -0.143. The molecule has 0 radical (unpaired) electrons. The van der Waals surface area contributed by atoms with Crippen LogP contribution in [0.2, 0.25) is 0 Å². The number of nitrogens with zero attached hydrogens (tertiary/aromatic N) is 1. The van der Waals surface area contributed by atoms with Crippen LogP contribution in [-0.4, -0.2) is 36.3 Å². The van der Waals surface area contributed by atoms with Crippen molar-refractivity contribution >= 4 is 18.1 Å². The number of carbonyl (C=O) groups is 2. The maximum atomic E-state index is 13.6. The minimum absolute atomic E-state index is 0.0852. The first-order chi connectivity index (χ1) is 17.0. The van der Waals surface area contributed by atoms with E-state index >= 15 is 0 Å². The number of rotatable bonds is 5. The predicted octanol–water partition coefficient (Wildman–Crippen LogP) is 5.24. The number of nitrogens with one attached hydrogen (secondary N) is 1. The highest BCUT2D eigenvalue weighted by atomic mass is 19.1. The van der Waals surface area contributed by atoms with Gasteiger partial charge in [0.15, 0.2) is 0 Å². The predicted molar refractivity (Wildman–Crippen MR) is 129 cm³/mol. The third kappa shape index (κ3) is 5.09. The van der Waals surface area contributed by atoms with Crippen LogP contribution in [0.25, 0.3) is 17.2 Å². The first kappa shape index (κ1) is 23.5. The van der Waals surface area contributed by atoms with Crippen molar-refractivity contribution in [2.75, 3.05) is 13.2 Å². The Morgan fingerprint density at radius 1 is 1.20 bits per heavy atom. The van der Waals surface area contributed by atoms with Crippen LogP contribution in [0.5, 0.6) is 0 Å². The third-order valence-electron chi connectivity index (χ3n) is 7.81. The van der Waals surface area contributed by atoms with Gasteiger partial charge in [-0.05, 0) is 80.2 Å². The van der Waals surface area contributed by atoms with E-state index in [1.807, 2.05) is 24.3 Å². The molecule has 1 aliphatic heterocycles. The van der Waals surface area contributed by atoms with Crippen LogP contribution in [-0.2, 0) is 14.3 Å². The molecule has 0 bridgehead atoms. The number of amides is 1. The number of aromatic nitrogens is 1. The summed E-state index contributed by atoms with van der Waals surface area (Å²) < 4.78 is 24.1. The second kappa shape index (κ2) is 10.2. The molecule has 0 spiro atoms. The second-order valence-electron chi connectivity index (χ2n) is 9.87. The Kier molecular flexibility index (Phi) is 6.84. The van der Waals surface area contributed by atoms with Gasteiger partial charge in [-0.3, -0.25) is 9.78 Å². The third-order valence-corrected chi connectivity index (χ3v) is 7.81. The zero-order valence-electron chi connectivity index (χ0n) is 19.9. The Labute approximate surface area is 204 Å². The highest BCUT2D eigenvalue weighted by Crippen LogP contribution is 2.51. The first-order valence-electron chi connectivity index (χ1n) is 12.5. The molecule has 7 heteroatoms. The average Bonchev–Trinajstić information content (AvgIpc) is 3.22. The van der Waals surface area contributed by atoms with Gasteiger partial charge < -0.3 is 14.8 Å². The number of esters is 1. The van der Waals surface area contributed by atoms with Gasteiger partial charge in [-0.2, -0.15) is 0 Å². The maximum absolute atomic E-state index is 13.6. The largest absolute Gasteiger partial charge is 0.465 e. The number of carbonyl (C=O) groups excluding carboxylic acids is 2. The standard InChI is InChI=1S/C28H31FN2O4/c1-2-34-28(33)31-23-9-10-24-19(14-23)12-20-16-35-27(32)26(20)25(24)11-8-22-7-6-18(15-30-22)17-4-3-5-21(29)13-17/h3-8,11,13,15,19-20,23-26H,2,9-10,12,14,16H2,1H3,(H,31,33)/t19-,20+,23-,24-,25+,26-/m1/s1. The van der Waals surface area contributed by atoms with Crippen LogP contribution in [0.15, 0.2) is 48.7 Å². The van der Waals surface area contributed by atoms with E-state index in [-0.39, 0.29) is 41.7 Å². The number of benzene rings is 1. The van der Waals surface area contributed by atoms with Gasteiger partial charge in [-0.15, -0.1) is 0 Å². The minimum Gasteiger partial charge on any atom is -0.465 e. The van der Waals surface area contributed by atoms with E-state index in [2.05, 4.69) is 16.4 Å². The molecule has 184 valence electrons. The lowest BCUT2D eigenvalue weighted by atomic mass is 9.58. The smallest absolute Gasteiger partial charge is 0.407 e. The summed E-state index contributed by atoms with van der Waals surface area (Å²) in [6, 6.07) is 10.4. The van der Waals surface area contributed by atoms with Gasteiger partial charge in [0, 0.05) is 23.7 Å². The van der Waals surface area contributed by atoms with Crippen LogP contribution in [0, 0.1) is 35.4 Å². The Morgan fingerprint density at radius 3 is 2.86 bits per heavy atom. The number of allylic oxidation sites excluding steroid dienone is 1. The molecule has 1 N–H and O–H groups in total. The fourth-order valence-electron chi connectivity index (χ4n) is 6.27. The van der Waals surface area contributed by atoms with Crippen molar-refractivity contribution in [3.63, 3.8) is 0 Å². The molecule has 3 aliphatic rings. The molecule has 0 unspecified atom stereocenters. The minimum atomic E-state index is -0.353. The second-order valence-corrected chi connectivity index (χ2v) is 9.87. The average molecular weight is 479 g/mol. The SMILES string of the molecule is CCOC(=O)N[C@@H]1CC[C@@H]2[C@@H](C1)C[C@H]1COC(=O)[C@H]1[C@H]2C=Cc1ccc(-c2cccc(F)c2)cn1. The summed E-state index contributed by atoms with van der Waals surface area (Å²) in [4.78, 5) is 29.1. The van der Waals surface area contributed by atoms with E-state index in [1.54, 1.807) is 19.2 Å². The van der Waals surface area contributed by atoms with Crippen molar-refractivity contribution in [1.82, 2.24) is 10.3 Å². The van der Waals surface area contributed by atoms with Gasteiger partial charge in [-0.1, -0.05) is 24.3 Å². The Balaban J connectivity index is 1.32. The van der Waals surface area contributed by atoms with E-state index in [1.165, 1.54) is 12.1 Å². The molecule has 1 saturated heterocycles. The Hall–Kier alpha value is -3.22. The summed E-state index contributed by atoms with van der Waals surface area (Å²) in [5, 5.41) is 3.01. The summed E-state index contributed by atoms with van der Waals surface area (Å²) in [6.07, 6.45) is 9.19. The van der Waals surface area contributed by atoms with Gasteiger partial charge in [0.2, 0.25) is 0 Å². The highest BCUT2D eigenvalue weighted by Gasteiger charge is 2.52. The van der Waals surface area contributed by atoms with Crippen LogP contribution >= 0.6 is 0 Å². The van der Waals surface area contributed by atoms with E-state index in [9.17, 15) is 14.0 Å². The number of pyridine rings is 1. The number of alkyl carbamates (subject to hydrolysis) is 1. The van der Waals surface area contributed by atoms with Crippen molar-refractivity contribution in [1.29, 1.82) is 0 Å². The zero-order chi connectivity index (χ0) is 24.4. The Bertz CT molecular complexity index is 1100. The lowest BCUT2D eigenvalue weighted by Gasteiger charge is -2.46. The number of cyclic esters (lactones) is 1. The van der Waals surface area contributed by atoms with Crippen molar-refractivity contribution in [2.45, 2.75) is 38.6 Å². The van der Waals surface area contributed by atoms with Crippen molar-refractivity contribution in [3.8, 4) is 11.1 Å². The summed E-state index contributed by atoms with van der Waals surface area (Å²) in [5.41, 5.74) is 2.44. The molecule has 5 rings (SSSR count).